The van der Waals surface area contributed by atoms with Crippen LogP contribution in [0, 0.1) is 0 Å². The molecule has 3 aromatic carbocycles. The molecule has 2 heterocycles. The van der Waals surface area contributed by atoms with Crippen molar-refractivity contribution in [1.29, 1.82) is 0 Å². The van der Waals surface area contributed by atoms with Crippen molar-refractivity contribution in [1.82, 2.24) is 0 Å². The van der Waals surface area contributed by atoms with Crippen LogP contribution in [0.2, 0.25) is 0 Å². The zero-order valence-corrected chi connectivity index (χ0v) is 28.5. The highest BCUT2D eigenvalue weighted by molar-refractivity contribution is 6.53. The Labute approximate surface area is 289 Å². The molecule has 1 amide bonds. The number of rotatable bonds is 12. The zero-order valence-electron chi connectivity index (χ0n) is 27.8. The fourth-order valence-electron chi connectivity index (χ4n) is 6.97. The Hall–Kier alpha value is -4.42. The standard InChI is InChI=1S/C41H44ClN3O3/c1-2-3-4-5-6-8-13-29-20-24-33(25-21-29)44-27-12-15-32-28-30(22-26-36(32)44)19-23-31-14-11-18-35(38(31)42)37-39(41(47)48)43-45(40(37)46)34-16-9-7-10-17-34/h7,9-10,16-17,19-26,28H,2-6,8,11-15,18,27H2,1H3,(H,47,48)/b23-19+,37-35-. The summed E-state index contributed by atoms with van der Waals surface area (Å²) in [5.74, 6) is -1.72. The van der Waals surface area contributed by atoms with Gasteiger partial charge in [-0.3, -0.25) is 4.79 Å². The van der Waals surface area contributed by atoms with Gasteiger partial charge in [-0.1, -0.05) is 99.2 Å². The summed E-state index contributed by atoms with van der Waals surface area (Å²) in [5.41, 5.74) is 8.08. The number of carboxylic acid groups (broad SMARTS) is 1. The third-order valence-corrected chi connectivity index (χ3v) is 10.0. The van der Waals surface area contributed by atoms with E-state index in [0.29, 0.717) is 22.7 Å². The molecule has 6 rings (SSSR count). The molecule has 0 saturated carbocycles. The van der Waals surface area contributed by atoms with Crippen LogP contribution in [0.25, 0.3) is 6.08 Å². The number of hydrazone groups is 1. The van der Waals surface area contributed by atoms with Gasteiger partial charge in [-0.05, 0) is 109 Å². The molecule has 1 aliphatic carbocycles. The fraction of sp³-hybridized carbons (Fsp3) is 0.341. The van der Waals surface area contributed by atoms with E-state index < -0.39 is 11.9 Å². The summed E-state index contributed by atoms with van der Waals surface area (Å²) in [7, 11) is 0. The Morgan fingerprint density at radius 1 is 0.875 bits per heavy atom. The number of hydrogen-bond acceptors (Lipinski definition) is 4. The second-order valence-corrected chi connectivity index (χ2v) is 13.3. The van der Waals surface area contributed by atoms with E-state index in [0.717, 1.165) is 54.8 Å². The smallest absolute Gasteiger partial charge is 0.357 e. The molecule has 6 nitrogen and oxygen atoms in total. The van der Waals surface area contributed by atoms with Crippen LogP contribution in [0.5, 0.6) is 0 Å². The summed E-state index contributed by atoms with van der Waals surface area (Å²) in [6.07, 6.45) is 17.3. The molecular formula is C41H44ClN3O3. The van der Waals surface area contributed by atoms with Crippen LogP contribution >= 0.6 is 11.6 Å². The van der Waals surface area contributed by atoms with Crippen LogP contribution in [0.15, 0.2) is 106 Å². The van der Waals surface area contributed by atoms with E-state index in [1.54, 1.807) is 24.3 Å². The van der Waals surface area contributed by atoms with E-state index in [1.807, 2.05) is 12.1 Å². The molecule has 3 aromatic rings. The molecule has 248 valence electrons. The van der Waals surface area contributed by atoms with Gasteiger partial charge in [-0.25, -0.2) is 4.79 Å². The molecule has 0 spiro atoms. The van der Waals surface area contributed by atoms with Crippen molar-refractivity contribution in [2.24, 2.45) is 5.10 Å². The monoisotopic (exact) mass is 661 g/mol. The maximum Gasteiger partial charge on any atom is 0.357 e. The number of carbonyl (C=O) groups is 2. The van der Waals surface area contributed by atoms with E-state index in [9.17, 15) is 14.7 Å². The predicted octanol–water partition coefficient (Wildman–Crippen LogP) is 10.1. The van der Waals surface area contributed by atoms with Gasteiger partial charge in [0.05, 0.1) is 11.3 Å². The number of nitrogens with zero attached hydrogens (tertiary/aromatic N) is 3. The highest BCUT2D eigenvalue weighted by atomic mass is 35.5. The number of para-hydroxylation sites is 1. The number of allylic oxidation sites excluding steroid dienone is 4. The minimum atomic E-state index is -1.25. The first-order valence-electron chi connectivity index (χ1n) is 17.5. The maximum absolute atomic E-state index is 13.5. The van der Waals surface area contributed by atoms with Crippen molar-refractivity contribution in [2.75, 3.05) is 16.5 Å². The SMILES string of the molecule is CCCCCCCCc1ccc(N2CCCc3cc(/C=C/C4=C(Cl)C(=C5\C(=O)N(c6ccccc6)N=C5C(=O)O)/CCC4)ccc32)cc1. The van der Waals surface area contributed by atoms with Crippen LogP contribution in [0.3, 0.4) is 0 Å². The number of benzene rings is 3. The topological polar surface area (TPSA) is 73.2 Å². The summed E-state index contributed by atoms with van der Waals surface area (Å²) in [6, 6.07) is 24.6. The van der Waals surface area contributed by atoms with Crippen LogP contribution in [0.1, 0.15) is 87.8 Å². The highest BCUT2D eigenvalue weighted by Crippen LogP contribution is 2.39. The lowest BCUT2D eigenvalue weighted by Gasteiger charge is -2.31. The van der Waals surface area contributed by atoms with Crippen molar-refractivity contribution in [3.05, 3.63) is 117 Å². The number of carbonyl (C=O) groups excluding carboxylic acids is 1. The summed E-state index contributed by atoms with van der Waals surface area (Å²) in [6.45, 7) is 3.26. The molecule has 0 bridgehead atoms. The molecule has 0 saturated heterocycles. The number of carboxylic acids is 1. The molecule has 0 unspecified atom stereocenters. The third-order valence-electron chi connectivity index (χ3n) is 9.53. The summed E-state index contributed by atoms with van der Waals surface area (Å²) < 4.78 is 0. The third kappa shape index (κ3) is 7.50. The van der Waals surface area contributed by atoms with Crippen molar-refractivity contribution in [2.45, 2.75) is 84.0 Å². The van der Waals surface area contributed by atoms with Crippen molar-refractivity contribution < 1.29 is 14.7 Å². The van der Waals surface area contributed by atoms with Gasteiger partial charge in [0.25, 0.3) is 5.91 Å². The summed E-state index contributed by atoms with van der Waals surface area (Å²) in [5, 5.41) is 15.7. The maximum atomic E-state index is 13.5. The van der Waals surface area contributed by atoms with E-state index in [1.165, 1.54) is 61.0 Å². The zero-order chi connectivity index (χ0) is 33.5. The Morgan fingerprint density at radius 2 is 1.65 bits per heavy atom. The van der Waals surface area contributed by atoms with Gasteiger partial charge >= 0.3 is 5.97 Å². The molecule has 2 aliphatic heterocycles. The van der Waals surface area contributed by atoms with Gasteiger partial charge in [0.1, 0.15) is 0 Å². The Bertz CT molecular complexity index is 1770. The molecule has 7 heteroatoms. The largest absolute Gasteiger partial charge is 0.476 e. The lowest BCUT2D eigenvalue weighted by Crippen LogP contribution is -2.24. The normalized spacial score (nSPS) is 18.1. The van der Waals surface area contributed by atoms with Gasteiger partial charge in [0, 0.05) is 23.0 Å². The Morgan fingerprint density at radius 3 is 2.42 bits per heavy atom. The number of fused-ring (bicyclic) bond motifs is 1. The minimum Gasteiger partial charge on any atom is -0.476 e. The lowest BCUT2D eigenvalue weighted by molar-refractivity contribution is -0.129. The number of anilines is 3. The van der Waals surface area contributed by atoms with Crippen LogP contribution in [-0.2, 0) is 22.4 Å². The predicted molar refractivity (Wildman–Crippen MR) is 197 cm³/mol. The average Bonchev–Trinajstić information content (AvgIpc) is 3.46. The van der Waals surface area contributed by atoms with Crippen molar-refractivity contribution in [3.63, 3.8) is 0 Å². The number of unbranched alkanes of at least 4 members (excludes halogenated alkanes) is 5. The number of aryl methyl sites for hydroxylation is 2. The van der Waals surface area contributed by atoms with Crippen molar-refractivity contribution >= 4 is 52.3 Å². The van der Waals surface area contributed by atoms with Gasteiger partial charge in [-0.15, -0.1) is 0 Å². The minimum absolute atomic E-state index is 0.0752. The molecular weight excluding hydrogens is 618 g/mol. The summed E-state index contributed by atoms with van der Waals surface area (Å²) >= 11 is 6.94. The van der Waals surface area contributed by atoms with E-state index in [-0.39, 0.29) is 11.3 Å². The average molecular weight is 662 g/mol. The Kier molecular flexibility index (Phi) is 10.9. The van der Waals surface area contributed by atoms with Crippen LogP contribution < -0.4 is 9.91 Å². The first-order chi connectivity index (χ1) is 23.4. The van der Waals surface area contributed by atoms with E-state index >= 15 is 0 Å². The quantitative estimate of drug-likeness (QED) is 0.155. The van der Waals surface area contributed by atoms with Gasteiger partial charge < -0.3 is 10.0 Å². The Balaban J connectivity index is 1.18. The molecule has 1 N–H and O–H groups in total. The second-order valence-electron chi connectivity index (χ2n) is 12.9. The number of aliphatic carboxylic acids is 1. The summed E-state index contributed by atoms with van der Waals surface area (Å²) in [4.78, 5) is 28.1. The number of halogens is 1. The first kappa shape index (κ1) is 33.5. The van der Waals surface area contributed by atoms with Crippen LogP contribution in [-0.4, -0.2) is 29.2 Å². The fourth-order valence-corrected chi connectivity index (χ4v) is 7.31. The number of hydrogen-bond donors (Lipinski definition) is 1. The first-order valence-corrected chi connectivity index (χ1v) is 17.8. The van der Waals surface area contributed by atoms with Crippen LogP contribution in [0.4, 0.5) is 17.1 Å². The molecule has 0 radical (unpaired) electrons. The molecule has 48 heavy (non-hydrogen) atoms. The molecule has 0 fully saturated rings. The molecule has 3 aliphatic rings. The number of amides is 1. The van der Waals surface area contributed by atoms with Gasteiger partial charge in [0.15, 0.2) is 5.71 Å². The molecule has 0 atom stereocenters. The van der Waals surface area contributed by atoms with Crippen molar-refractivity contribution in [3.8, 4) is 0 Å². The van der Waals surface area contributed by atoms with E-state index in [4.69, 9.17) is 11.6 Å². The van der Waals surface area contributed by atoms with E-state index in [2.05, 4.69) is 65.5 Å². The van der Waals surface area contributed by atoms with Gasteiger partial charge in [-0.2, -0.15) is 10.1 Å². The lowest BCUT2D eigenvalue weighted by atomic mass is 9.89. The highest BCUT2D eigenvalue weighted by Gasteiger charge is 2.38. The van der Waals surface area contributed by atoms with Gasteiger partial charge in [0.2, 0.25) is 0 Å². The second kappa shape index (κ2) is 15.7. The molecule has 0 aromatic heterocycles.